The van der Waals surface area contributed by atoms with E-state index in [-0.39, 0.29) is 5.82 Å². The molecule has 1 amide bonds. The fourth-order valence-electron chi connectivity index (χ4n) is 2.57. The van der Waals surface area contributed by atoms with Crippen molar-refractivity contribution in [2.75, 3.05) is 0 Å². The fourth-order valence-corrected chi connectivity index (χ4v) is 2.57. The number of aromatic nitrogens is 2. The zero-order chi connectivity index (χ0) is 14.8. The molecule has 3 rings (SSSR count). The molecular weight excluding hydrogens is 270 g/mol. The number of imidazole rings is 1. The van der Waals surface area contributed by atoms with Crippen LogP contribution in [0.2, 0.25) is 0 Å². The smallest absolute Gasteiger partial charge is 0.326 e. The number of H-pyrrole nitrogens is 1. The first kappa shape index (κ1) is 13.6. The Labute approximate surface area is 121 Å². The monoisotopic (exact) mass is 287 g/mol. The van der Waals surface area contributed by atoms with Gasteiger partial charge >= 0.3 is 5.97 Å². The number of carbonyl (C=O) groups excluding carboxylic acids is 1. The summed E-state index contributed by atoms with van der Waals surface area (Å²) >= 11 is 0. The molecule has 0 unspecified atom stereocenters. The van der Waals surface area contributed by atoms with E-state index >= 15 is 0 Å². The van der Waals surface area contributed by atoms with Crippen molar-refractivity contribution in [1.29, 1.82) is 0 Å². The maximum Gasteiger partial charge on any atom is 0.326 e. The number of benzene rings is 1. The molecule has 1 saturated carbocycles. The summed E-state index contributed by atoms with van der Waals surface area (Å²) in [5, 5.41) is 11.8. The lowest BCUT2D eigenvalue weighted by molar-refractivity contribution is -0.139. The number of amides is 1. The van der Waals surface area contributed by atoms with Gasteiger partial charge in [-0.15, -0.1) is 0 Å². The minimum atomic E-state index is -0.994. The van der Waals surface area contributed by atoms with Crippen LogP contribution in [0.15, 0.2) is 24.3 Å². The molecule has 0 saturated heterocycles. The average Bonchev–Trinajstić information content (AvgIpc) is 2.84. The van der Waals surface area contributed by atoms with Crippen molar-refractivity contribution in [3.05, 3.63) is 30.1 Å². The second-order valence-corrected chi connectivity index (χ2v) is 5.50. The van der Waals surface area contributed by atoms with Crippen LogP contribution in [0.5, 0.6) is 0 Å². The molecule has 1 aromatic carbocycles. The molecule has 0 bridgehead atoms. The summed E-state index contributed by atoms with van der Waals surface area (Å²) in [5.41, 5.74) is 1.45. The van der Waals surface area contributed by atoms with Crippen molar-refractivity contribution in [2.45, 2.75) is 31.7 Å². The van der Waals surface area contributed by atoms with Gasteiger partial charge in [-0.1, -0.05) is 31.4 Å². The molecule has 1 atom stereocenters. The molecule has 1 aliphatic rings. The summed E-state index contributed by atoms with van der Waals surface area (Å²) in [7, 11) is 0. The number of hydrogen-bond donors (Lipinski definition) is 3. The number of rotatable bonds is 5. The van der Waals surface area contributed by atoms with E-state index in [9.17, 15) is 14.7 Å². The molecule has 1 heterocycles. The van der Waals surface area contributed by atoms with Gasteiger partial charge in [-0.2, -0.15) is 0 Å². The second kappa shape index (κ2) is 5.55. The third-order valence-corrected chi connectivity index (χ3v) is 4.00. The number of fused-ring (bicyclic) bond motifs is 1. The summed E-state index contributed by atoms with van der Waals surface area (Å²) in [6.07, 6.45) is 3.73. The first-order valence-corrected chi connectivity index (χ1v) is 7.12. The van der Waals surface area contributed by atoms with Crippen LogP contribution in [-0.2, 0) is 4.79 Å². The van der Waals surface area contributed by atoms with Crippen LogP contribution in [0.1, 0.15) is 36.3 Å². The number of nitrogens with zero attached hydrogens (tertiary/aromatic N) is 1. The summed E-state index contributed by atoms with van der Waals surface area (Å²) in [4.78, 5) is 30.5. The third-order valence-electron chi connectivity index (χ3n) is 4.00. The van der Waals surface area contributed by atoms with E-state index in [2.05, 4.69) is 15.3 Å². The predicted molar refractivity (Wildman–Crippen MR) is 76.9 cm³/mol. The zero-order valence-electron chi connectivity index (χ0n) is 11.5. The Morgan fingerprint density at radius 1 is 1.38 bits per heavy atom. The van der Waals surface area contributed by atoms with Crippen LogP contribution in [0.3, 0.4) is 0 Å². The molecule has 1 aliphatic carbocycles. The van der Waals surface area contributed by atoms with Gasteiger partial charge in [0.2, 0.25) is 0 Å². The van der Waals surface area contributed by atoms with Crippen molar-refractivity contribution in [1.82, 2.24) is 15.3 Å². The molecule has 0 radical (unpaired) electrons. The van der Waals surface area contributed by atoms with Gasteiger partial charge < -0.3 is 15.4 Å². The highest BCUT2D eigenvalue weighted by atomic mass is 16.4. The van der Waals surface area contributed by atoms with E-state index in [1.165, 1.54) is 0 Å². The molecule has 110 valence electrons. The Balaban J connectivity index is 1.72. The van der Waals surface area contributed by atoms with Gasteiger partial charge in [0.15, 0.2) is 5.82 Å². The fraction of sp³-hybridized carbons (Fsp3) is 0.400. The second-order valence-electron chi connectivity index (χ2n) is 5.50. The van der Waals surface area contributed by atoms with Crippen LogP contribution in [-0.4, -0.2) is 33.0 Å². The van der Waals surface area contributed by atoms with Crippen molar-refractivity contribution in [2.24, 2.45) is 5.92 Å². The van der Waals surface area contributed by atoms with Crippen LogP contribution >= 0.6 is 0 Å². The van der Waals surface area contributed by atoms with Crippen LogP contribution in [0, 0.1) is 5.92 Å². The van der Waals surface area contributed by atoms with Crippen LogP contribution in [0.4, 0.5) is 0 Å². The van der Waals surface area contributed by atoms with Gasteiger partial charge in [-0.25, -0.2) is 9.78 Å². The number of para-hydroxylation sites is 2. The molecule has 21 heavy (non-hydrogen) atoms. The third kappa shape index (κ3) is 2.89. The Morgan fingerprint density at radius 3 is 2.76 bits per heavy atom. The Hall–Kier alpha value is -2.37. The van der Waals surface area contributed by atoms with Gasteiger partial charge in [0, 0.05) is 0 Å². The normalized spacial score (nSPS) is 16.4. The Morgan fingerprint density at radius 2 is 2.14 bits per heavy atom. The molecule has 1 fully saturated rings. The molecule has 2 aromatic rings. The van der Waals surface area contributed by atoms with Gasteiger partial charge in [0.05, 0.1) is 11.0 Å². The molecule has 6 heteroatoms. The van der Waals surface area contributed by atoms with Gasteiger partial charge in [0.25, 0.3) is 5.91 Å². The SMILES string of the molecule is O=C(N[C@@H](CC1CCC1)C(=O)O)c1nc2ccccc2[nH]1. The first-order valence-electron chi connectivity index (χ1n) is 7.12. The largest absolute Gasteiger partial charge is 0.480 e. The predicted octanol–water partition coefficient (Wildman–Crippen LogP) is 1.94. The maximum atomic E-state index is 12.1. The number of carboxylic acid groups (broad SMARTS) is 1. The van der Waals surface area contributed by atoms with E-state index in [1.807, 2.05) is 18.2 Å². The number of hydrogen-bond acceptors (Lipinski definition) is 3. The lowest BCUT2D eigenvalue weighted by atomic mass is 9.81. The van der Waals surface area contributed by atoms with E-state index in [0.717, 1.165) is 24.8 Å². The van der Waals surface area contributed by atoms with Gasteiger partial charge in [-0.3, -0.25) is 4.79 Å². The first-order chi connectivity index (χ1) is 10.1. The van der Waals surface area contributed by atoms with Crippen LogP contribution < -0.4 is 5.32 Å². The number of carbonyl (C=O) groups is 2. The Kier molecular flexibility index (Phi) is 3.60. The van der Waals surface area contributed by atoms with Gasteiger partial charge in [0.1, 0.15) is 6.04 Å². The molecule has 1 aromatic heterocycles. The highest BCUT2D eigenvalue weighted by Gasteiger charge is 2.28. The Bertz CT molecular complexity index is 643. The van der Waals surface area contributed by atoms with E-state index < -0.39 is 17.9 Å². The number of nitrogens with one attached hydrogen (secondary N) is 2. The highest BCUT2D eigenvalue weighted by Crippen LogP contribution is 2.30. The standard InChI is InChI=1S/C15H17N3O3/c19-14(13-16-10-6-1-2-7-11(10)17-13)18-12(15(20)21)8-9-4-3-5-9/h1-2,6-7,9,12H,3-5,8H2,(H,16,17)(H,18,19)(H,20,21)/t12-/m0/s1. The minimum Gasteiger partial charge on any atom is -0.480 e. The van der Waals surface area contributed by atoms with Crippen molar-refractivity contribution in [3.63, 3.8) is 0 Å². The molecule has 3 N–H and O–H groups in total. The van der Waals surface area contributed by atoms with E-state index in [0.29, 0.717) is 17.9 Å². The summed E-state index contributed by atoms with van der Waals surface area (Å²) in [6.45, 7) is 0. The minimum absolute atomic E-state index is 0.149. The summed E-state index contributed by atoms with van der Waals surface area (Å²) < 4.78 is 0. The average molecular weight is 287 g/mol. The van der Waals surface area contributed by atoms with Crippen molar-refractivity contribution < 1.29 is 14.7 Å². The summed E-state index contributed by atoms with van der Waals surface area (Å²) in [6, 6.07) is 6.45. The molecular formula is C15H17N3O3. The van der Waals surface area contributed by atoms with Crippen molar-refractivity contribution >= 4 is 22.9 Å². The van der Waals surface area contributed by atoms with Crippen molar-refractivity contribution in [3.8, 4) is 0 Å². The zero-order valence-corrected chi connectivity index (χ0v) is 11.5. The quantitative estimate of drug-likeness (QED) is 0.783. The summed E-state index contributed by atoms with van der Waals surface area (Å²) in [5.74, 6) is -0.914. The van der Waals surface area contributed by atoms with E-state index in [1.54, 1.807) is 6.07 Å². The molecule has 0 aliphatic heterocycles. The number of carboxylic acids is 1. The highest BCUT2D eigenvalue weighted by molar-refractivity contribution is 5.96. The number of aliphatic carboxylic acids is 1. The van der Waals surface area contributed by atoms with E-state index in [4.69, 9.17) is 0 Å². The molecule has 6 nitrogen and oxygen atoms in total. The maximum absolute atomic E-state index is 12.1. The topological polar surface area (TPSA) is 95.1 Å². The number of aromatic amines is 1. The lowest BCUT2D eigenvalue weighted by Gasteiger charge is -2.28. The van der Waals surface area contributed by atoms with Gasteiger partial charge in [-0.05, 0) is 24.5 Å². The lowest BCUT2D eigenvalue weighted by Crippen LogP contribution is -2.43. The van der Waals surface area contributed by atoms with Crippen LogP contribution in [0.25, 0.3) is 11.0 Å². The molecule has 0 spiro atoms.